The highest BCUT2D eigenvalue weighted by Crippen LogP contribution is 2.15. The Morgan fingerprint density at radius 2 is 2.16 bits per heavy atom. The highest BCUT2D eigenvalue weighted by Gasteiger charge is 2.07. The summed E-state index contributed by atoms with van der Waals surface area (Å²) in [5, 5.41) is 0.386. The zero-order chi connectivity index (χ0) is 16.0. The van der Waals surface area contributed by atoms with Crippen LogP contribution in [0.2, 0.25) is 5.15 Å². The summed E-state index contributed by atoms with van der Waals surface area (Å²) >= 11 is 6.06. The van der Waals surface area contributed by atoms with Crippen molar-refractivity contribution in [2.24, 2.45) is 0 Å². The van der Waals surface area contributed by atoms with Crippen LogP contribution in [0.1, 0.15) is 40.9 Å². The van der Waals surface area contributed by atoms with E-state index in [1.807, 2.05) is 30.3 Å². The molecule has 2 aromatic rings. The van der Waals surface area contributed by atoms with E-state index in [1.165, 1.54) is 0 Å². The van der Waals surface area contributed by atoms with Gasteiger partial charge in [0.25, 0.3) is 0 Å². The molecule has 4 heteroatoms. The van der Waals surface area contributed by atoms with Gasteiger partial charge in [0.2, 0.25) is 0 Å². The number of H-pyrrole nitrogens is 1. The zero-order valence-electron chi connectivity index (χ0n) is 13.7. The van der Waals surface area contributed by atoms with Crippen molar-refractivity contribution in [1.82, 2.24) is 9.97 Å². The Balaban J connectivity index is 1.79. The van der Waals surface area contributed by atoms with Gasteiger partial charge in [-0.2, -0.15) is 0 Å². The van der Waals surface area contributed by atoms with Crippen molar-refractivity contribution in [1.29, 1.82) is 0 Å². The first-order chi connectivity index (χ1) is 10.4. The second-order valence-corrected chi connectivity index (χ2v) is 4.64. The van der Waals surface area contributed by atoms with E-state index in [0.29, 0.717) is 37.0 Å². The van der Waals surface area contributed by atoms with Crippen molar-refractivity contribution in [2.45, 2.75) is 39.3 Å². The minimum absolute atomic E-state index is 0.172. The van der Waals surface area contributed by atoms with E-state index >= 15 is 0 Å². The van der Waals surface area contributed by atoms with E-state index in [9.17, 15) is 0 Å². The number of nitrogens with zero attached hydrogens (tertiary/aromatic N) is 1. The molecule has 0 bridgehead atoms. The Labute approximate surface area is 123 Å². The van der Waals surface area contributed by atoms with E-state index in [4.69, 9.17) is 20.5 Å². The molecule has 2 rings (SSSR count). The number of rotatable bonds is 7. The third kappa shape index (κ3) is 4.37. The molecule has 1 heterocycles. The number of hydrogen-bond donors (Lipinski definition) is 1. The molecular weight excluding hydrogens is 260 g/mol. The number of hydrogen-bond acceptors (Lipinski definition) is 2. The molecule has 19 heavy (non-hydrogen) atoms. The fourth-order valence-electron chi connectivity index (χ4n) is 1.75. The van der Waals surface area contributed by atoms with Gasteiger partial charge in [0.15, 0.2) is 5.15 Å². The third-order valence-corrected chi connectivity index (χ3v) is 3.04. The quantitative estimate of drug-likeness (QED) is 0.829. The van der Waals surface area contributed by atoms with Crippen LogP contribution >= 0.6 is 11.6 Å². The number of benzene rings is 1. The number of aromatic amines is 1. The molecule has 0 aliphatic carbocycles. The third-order valence-electron chi connectivity index (χ3n) is 2.73. The average Bonchev–Trinajstić information content (AvgIpc) is 2.79. The van der Waals surface area contributed by atoms with Crippen LogP contribution in [0.4, 0.5) is 0 Å². The molecule has 1 N–H and O–H groups in total. The van der Waals surface area contributed by atoms with Gasteiger partial charge in [-0.05, 0) is 12.0 Å². The van der Waals surface area contributed by atoms with Crippen LogP contribution in [0.25, 0.3) is 0 Å². The van der Waals surface area contributed by atoms with Gasteiger partial charge in [-0.3, -0.25) is 0 Å². The van der Waals surface area contributed by atoms with Gasteiger partial charge in [-0.1, -0.05) is 55.2 Å². The molecular formula is C15H19ClN2O. The van der Waals surface area contributed by atoms with Crippen molar-refractivity contribution < 1.29 is 8.85 Å². The van der Waals surface area contributed by atoms with Gasteiger partial charge in [-0.15, -0.1) is 0 Å². The van der Waals surface area contributed by atoms with E-state index in [2.05, 4.69) is 9.97 Å². The number of halogens is 1. The summed E-state index contributed by atoms with van der Waals surface area (Å²) in [6.45, 7) is -1.04. The largest absolute Gasteiger partial charge is 0.370 e. The fraction of sp³-hybridized carbons (Fsp3) is 0.400. The number of aryl methyl sites for hydroxylation is 1. The van der Waals surface area contributed by atoms with E-state index in [-0.39, 0.29) is 6.42 Å². The molecule has 1 aromatic heterocycles. The summed E-state index contributed by atoms with van der Waals surface area (Å²) in [5.74, 6) is 0.701. The molecule has 1 aromatic carbocycles. The van der Waals surface area contributed by atoms with Crippen LogP contribution in [0.3, 0.4) is 0 Å². The summed E-state index contributed by atoms with van der Waals surface area (Å²) in [6.07, 6.45) is 1.28. The topological polar surface area (TPSA) is 37.9 Å². The Morgan fingerprint density at radius 1 is 1.32 bits per heavy atom. The zero-order valence-corrected chi connectivity index (χ0v) is 11.4. The minimum Gasteiger partial charge on any atom is -0.370 e. The Bertz CT molecular complexity index is 584. The van der Waals surface area contributed by atoms with Crippen LogP contribution in [-0.4, -0.2) is 9.97 Å². The minimum atomic E-state index is -1.89. The van der Waals surface area contributed by atoms with Crippen LogP contribution in [0.5, 0.6) is 0 Å². The number of nitrogens with one attached hydrogen (secondary N) is 1. The highest BCUT2D eigenvalue weighted by molar-refractivity contribution is 6.30. The molecule has 0 amide bonds. The monoisotopic (exact) mass is 281 g/mol. The Kier molecular flexibility index (Phi) is 4.03. The Hall–Kier alpha value is -1.32. The molecule has 0 atom stereocenters. The summed E-state index contributed by atoms with van der Waals surface area (Å²) in [4.78, 5) is 7.30. The second-order valence-electron chi connectivity index (χ2n) is 4.28. The molecule has 0 aliphatic heterocycles. The number of aromatic nitrogens is 2. The molecule has 0 saturated carbocycles. The van der Waals surface area contributed by atoms with Gasteiger partial charge in [-0.25, -0.2) is 4.98 Å². The summed E-state index contributed by atoms with van der Waals surface area (Å²) < 4.78 is 27.1. The molecule has 3 nitrogen and oxygen atoms in total. The molecule has 0 aliphatic rings. The molecule has 0 unspecified atom stereocenters. The van der Waals surface area contributed by atoms with Gasteiger partial charge in [0.05, 0.1) is 18.9 Å². The first-order valence-corrected chi connectivity index (χ1v) is 6.67. The number of ether oxygens (including phenoxy) is 1. The summed E-state index contributed by atoms with van der Waals surface area (Å²) in [6, 6.07) is 9.88. The highest BCUT2D eigenvalue weighted by atomic mass is 35.5. The van der Waals surface area contributed by atoms with Crippen LogP contribution < -0.4 is 0 Å². The number of imidazole rings is 1. The maximum absolute atomic E-state index is 7.17. The lowest BCUT2D eigenvalue weighted by Gasteiger charge is -2.03. The van der Waals surface area contributed by atoms with Crippen molar-refractivity contribution in [3.05, 3.63) is 52.6 Å². The fourth-order valence-corrected chi connectivity index (χ4v) is 1.96. The van der Waals surface area contributed by atoms with Crippen molar-refractivity contribution >= 4 is 11.6 Å². The SMILES string of the molecule is [2H]C([2H])([2H])CCCc1nc(Cl)c(COCc2ccccc2)[nH]1. The summed E-state index contributed by atoms with van der Waals surface area (Å²) in [5.41, 5.74) is 1.82. The molecule has 0 spiro atoms. The van der Waals surface area contributed by atoms with Crippen LogP contribution in [0, 0.1) is 0 Å². The second kappa shape index (κ2) is 7.31. The van der Waals surface area contributed by atoms with Crippen molar-refractivity contribution in [3.8, 4) is 0 Å². The van der Waals surface area contributed by atoms with E-state index < -0.39 is 6.85 Å². The summed E-state index contributed by atoms with van der Waals surface area (Å²) in [7, 11) is 0. The van der Waals surface area contributed by atoms with Crippen molar-refractivity contribution in [3.63, 3.8) is 0 Å². The maximum Gasteiger partial charge on any atom is 0.152 e. The Morgan fingerprint density at radius 3 is 2.95 bits per heavy atom. The average molecular weight is 282 g/mol. The normalized spacial score (nSPS) is 13.8. The first kappa shape index (κ1) is 10.5. The van der Waals surface area contributed by atoms with Crippen LogP contribution in [0.15, 0.2) is 30.3 Å². The molecule has 0 fully saturated rings. The smallest absolute Gasteiger partial charge is 0.152 e. The van der Waals surface area contributed by atoms with E-state index in [0.717, 1.165) is 11.3 Å². The molecule has 0 radical (unpaired) electrons. The van der Waals surface area contributed by atoms with Gasteiger partial charge in [0.1, 0.15) is 5.82 Å². The lowest BCUT2D eigenvalue weighted by Crippen LogP contribution is -1.95. The molecule has 0 saturated heterocycles. The standard InChI is InChI=1S/C15H19ClN2O/c1-2-3-9-14-17-13(15(16)18-14)11-19-10-12-7-5-4-6-8-12/h4-8H,2-3,9-11H2,1H3,(H,17,18)/i1D3. The molecule has 102 valence electrons. The van der Waals surface area contributed by atoms with Gasteiger partial charge in [0, 0.05) is 10.5 Å². The van der Waals surface area contributed by atoms with Crippen LogP contribution in [-0.2, 0) is 24.4 Å². The first-order valence-electron chi connectivity index (χ1n) is 7.79. The predicted octanol–water partition coefficient (Wildman–Crippen LogP) is 4.12. The lowest BCUT2D eigenvalue weighted by atomic mass is 10.2. The van der Waals surface area contributed by atoms with Crippen molar-refractivity contribution in [2.75, 3.05) is 0 Å². The van der Waals surface area contributed by atoms with Gasteiger partial charge >= 0.3 is 0 Å². The van der Waals surface area contributed by atoms with Gasteiger partial charge < -0.3 is 9.72 Å². The predicted molar refractivity (Wildman–Crippen MR) is 77.1 cm³/mol. The van der Waals surface area contributed by atoms with E-state index in [1.54, 1.807) is 0 Å². The lowest BCUT2D eigenvalue weighted by molar-refractivity contribution is 0.105. The maximum atomic E-state index is 7.17.